The second kappa shape index (κ2) is 7.90. The van der Waals surface area contributed by atoms with Gasteiger partial charge in [-0.1, -0.05) is 17.3 Å². The number of methoxy groups -OCH3 is 1. The minimum Gasteiger partial charge on any atom is -0.497 e. The Kier molecular flexibility index (Phi) is 5.16. The molecule has 3 aromatic rings. The summed E-state index contributed by atoms with van der Waals surface area (Å²) < 4.78 is 6.38. The summed E-state index contributed by atoms with van der Waals surface area (Å²) in [5.41, 5.74) is 1.33. The summed E-state index contributed by atoms with van der Waals surface area (Å²) in [6.45, 7) is 4.32. The van der Waals surface area contributed by atoms with Crippen molar-refractivity contribution in [2.24, 2.45) is 0 Å². The highest BCUT2D eigenvalue weighted by molar-refractivity contribution is 5.81. The first-order valence-electron chi connectivity index (χ1n) is 9.60. The summed E-state index contributed by atoms with van der Waals surface area (Å²) in [7, 11) is 1.64. The van der Waals surface area contributed by atoms with Crippen molar-refractivity contribution >= 4 is 22.5 Å². The number of benzene rings is 2. The third kappa shape index (κ3) is 3.65. The number of ether oxygens (including phenoxy) is 1. The summed E-state index contributed by atoms with van der Waals surface area (Å²) in [5, 5.41) is 8.53. The average Bonchev–Trinajstić information content (AvgIpc) is 2.79. The minimum atomic E-state index is -0.702. The highest BCUT2D eigenvalue weighted by Crippen LogP contribution is 2.21. The zero-order valence-electron chi connectivity index (χ0n) is 16.5. The zero-order valence-corrected chi connectivity index (χ0v) is 16.5. The largest absolute Gasteiger partial charge is 0.497 e. The Morgan fingerprint density at radius 3 is 2.41 bits per heavy atom. The fourth-order valence-corrected chi connectivity index (χ4v) is 3.60. The lowest BCUT2D eigenvalue weighted by molar-refractivity contribution is -0.135. The molecule has 1 aliphatic rings. The van der Waals surface area contributed by atoms with Gasteiger partial charge in [0.1, 0.15) is 17.3 Å². The van der Waals surface area contributed by atoms with Crippen LogP contribution in [0.15, 0.2) is 53.3 Å². The van der Waals surface area contributed by atoms with Gasteiger partial charge in [-0.2, -0.15) is 4.68 Å². The van der Waals surface area contributed by atoms with Gasteiger partial charge >= 0.3 is 0 Å². The lowest BCUT2D eigenvalue weighted by Gasteiger charge is -2.37. The van der Waals surface area contributed by atoms with Gasteiger partial charge in [-0.15, -0.1) is 5.10 Å². The quantitative estimate of drug-likeness (QED) is 0.671. The fourth-order valence-electron chi connectivity index (χ4n) is 3.60. The summed E-state index contributed by atoms with van der Waals surface area (Å²) in [6, 6.07) is 14.2. The third-order valence-electron chi connectivity index (χ3n) is 5.34. The van der Waals surface area contributed by atoms with E-state index in [9.17, 15) is 9.59 Å². The van der Waals surface area contributed by atoms with Crippen LogP contribution in [-0.2, 0) is 4.79 Å². The maximum atomic E-state index is 13.0. The Labute approximate surface area is 168 Å². The number of amides is 1. The number of rotatable bonds is 4. The number of nitrogens with zero attached hydrogens (tertiary/aromatic N) is 5. The van der Waals surface area contributed by atoms with E-state index in [1.165, 1.54) is 4.68 Å². The molecule has 1 aromatic heterocycles. The molecule has 1 amide bonds. The number of hydrogen-bond acceptors (Lipinski definition) is 6. The third-order valence-corrected chi connectivity index (χ3v) is 5.34. The Morgan fingerprint density at radius 1 is 1.03 bits per heavy atom. The minimum absolute atomic E-state index is 0.119. The molecule has 4 rings (SSSR count). The van der Waals surface area contributed by atoms with E-state index in [1.54, 1.807) is 43.2 Å². The Morgan fingerprint density at radius 2 is 1.72 bits per heavy atom. The Hall–Kier alpha value is -3.42. The fraction of sp³-hybridized carbons (Fsp3) is 0.333. The maximum Gasteiger partial charge on any atom is 0.278 e. The molecular weight excluding hydrogens is 370 g/mol. The predicted octanol–water partition coefficient (Wildman–Crippen LogP) is 1.71. The normalized spacial score (nSPS) is 15.4. The number of carbonyl (C=O) groups excluding carboxylic acids is 1. The van der Waals surface area contributed by atoms with Crippen molar-refractivity contribution in [2.45, 2.75) is 13.0 Å². The molecule has 29 heavy (non-hydrogen) atoms. The van der Waals surface area contributed by atoms with Crippen LogP contribution in [0.1, 0.15) is 13.0 Å². The number of anilines is 1. The van der Waals surface area contributed by atoms with Crippen molar-refractivity contribution in [3.8, 4) is 5.75 Å². The van der Waals surface area contributed by atoms with Crippen LogP contribution in [0.25, 0.3) is 10.9 Å². The smallest absolute Gasteiger partial charge is 0.278 e. The molecule has 0 bridgehead atoms. The van der Waals surface area contributed by atoms with E-state index in [0.717, 1.165) is 24.5 Å². The molecule has 0 radical (unpaired) electrons. The molecule has 0 unspecified atom stereocenters. The van der Waals surface area contributed by atoms with Crippen molar-refractivity contribution in [2.75, 3.05) is 38.2 Å². The summed E-state index contributed by atoms with van der Waals surface area (Å²) >= 11 is 0. The van der Waals surface area contributed by atoms with E-state index < -0.39 is 6.04 Å². The first-order valence-corrected chi connectivity index (χ1v) is 9.60. The molecule has 8 nitrogen and oxygen atoms in total. The predicted molar refractivity (Wildman–Crippen MR) is 110 cm³/mol. The molecule has 8 heteroatoms. The molecule has 1 fully saturated rings. The molecule has 1 atom stereocenters. The van der Waals surface area contributed by atoms with Crippen LogP contribution in [0.2, 0.25) is 0 Å². The first-order chi connectivity index (χ1) is 14.1. The number of aromatic nitrogens is 3. The zero-order chi connectivity index (χ0) is 20.4. The van der Waals surface area contributed by atoms with Gasteiger partial charge in [0.15, 0.2) is 0 Å². The molecule has 0 aliphatic carbocycles. The van der Waals surface area contributed by atoms with Crippen LogP contribution in [-0.4, -0.2) is 59.1 Å². The van der Waals surface area contributed by atoms with Gasteiger partial charge in [0.25, 0.3) is 5.56 Å². The van der Waals surface area contributed by atoms with Gasteiger partial charge < -0.3 is 14.5 Å². The highest BCUT2D eigenvalue weighted by atomic mass is 16.5. The van der Waals surface area contributed by atoms with E-state index >= 15 is 0 Å². The van der Waals surface area contributed by atoms with Crippen LogP contribution in [0, 0.1) is 0 Å². The van der Waals surface area contributed by atoms with Crippen LogP contribution >= 0.6 is 0 Å². The van der Waals surface area contributed by atoms with E-state index in [2.05, 4.69) is 15.2 Å². The first kappa shape index (κ1) is 18.9. The number of hydrogen-bond donors (Lipinski definition) is 0. The number of piperazine rings is 1. The van der Waals surface area contributed by atoms with Crippen molar-refractivity contribution in [3.63, 3.8) is 0 Å². The van der Waals surface area contributed by atoms with Crippen LogP contribution < -0.4 is 15.2 Å². The van der Waals surface area contributed by atoms with Gasteiger partial charge in [0.05, 0.1) is 12.5 Å². The van der Waals surface area contributed by atoms with Crippen LogP contribution in [0.4, 0.5) is 5.69 Å². The molecule has 0 saturated carbocycles. The monoisotopic (exact) mass is 393 g/mol. The maximum absolute atomic E-state index is 13.0. The Bertz CT molecular complexity index is 1070. The lowest BCUT2D eigenvalue weighted by atomic mass is 10.2. The van der Waals surface area contributed by atoms with E-state index in [-0.39, 0.29) is 11.5 Å². The van der Waals surface area contributed by atoms with Gasteiger partial charge in [-0.05, 0) is 43.3 Å². The second-order valence-electron chi connectivity index (χ2n) is 7.04. The van der Waals surface area contributed by atoms with Gasteiger partial charge in [0.2, 0.25) is 5.91 Å². The summed E-state index contributed by atoms with van der Waals surface area (Å²) in [4.78, 5) is 29.7. The van der Waals surface area contributed by atoms with Gasteiger partial charge in [-0.3, -0.25) is 9.59 Å². The van der Waals surface area contributed by atoms with Crippen molar-refractivity contribution in [1.82, 2.24) is 19.9 Å². The average molecular weight is 393 g/mol. The Balaban J connectivity index is 1.45. The SMILES string of the molecule is COc1ccc(N2CCN(C(=O)[C@@H](C)n3nnc4ccccc4c3=O)CC2)cc1. The second-order valence-corrected chi connectivity index (χ2v) is 7.04. The standard InChI is InChI=1S/C21H23N5O3/c1-15(26-21(28)18-5-3-4-6-19(18)22-23-26)20(27)25-13-11-24(12-14-25)16-7-9-17(29-2)10-8-16/h3-10,15H,11-14H2,1-2H3/t15-/m1/s1. The van der Waals surface area contributed by atoms with Crippen LogP contribution in [0.3, 0.4) is 0 Å². The molecule has 1 saturated heterocycles. The summed E-state index contributed by atoms with van der Waals surface area (Å²) in [5.74, 6) is 0.699. The molecule has 0 N–H and O–H groups in total. The summed E-state index contributed by atoms with van der Waals surface area (Å²) in [6.07, 6.45) is 0. The van der Waals surface area contributed by atoms with E-state index in [4.69, 9.17) is 4.74 Å². The topological polar surface area (TPSA) is 80.6 Å². The van der Waals surface area contributed by atoms with Gasteiger partial charge in [0, 0.05) is 31.9 Å². The molecular formula is C21H23N5O3. The molecule has 0 spiro atoms. The van der Waals surface area contributed by atoms with Gasteiger partial charge in [-0.25, -0.2) is 0 Å². The van der Waals surface area contributed by atoms with Crippen molar-refractivity contribution < 1.29 is 9.53 Å². The van der Waals surface area contributed by atoms with Crippen molar-refractivity contribution in [1.29, 1.82) is 0 Å². The molecule has 150 valence electrons. The van der Waals surface area contributed by atoms with Crippen LogP contribution in [0.5, 0.6) is 5.75 Å². The molecule has 1 aliphatic heterocycles. The number of carbonyl (C=O) groups is 1. The highest BCUT2D eigenvalue weighted by Gasteiger charge is 2.27. The van der Waals surface area contributed by atoms with E-state index in [1.807, 2.05) is 24.3 Å². The number of fused-ring (bicyclic) bond motifs is 1. The molecule has 2 heterocycles. The molecule has 2 aromatic carbocycles. The lowest BCUT2D eigenvalue weighted by Crippen LogP contribution is -2.51. The van der Waals surface area contributed by atoms with Crippen molar-refractivity contribution in [3.05, 3.63) is 58.9 Å². The van der Waals surface area contributed by atoms with E-state index in [0.29, 0.717) is 24.0 Å².